The van der Waals surface area contributed by atoms with Crippen LogP contribution in [-0.2, 0) is 0 Å². The van der Waals surface area contributed by atoms with Gasteiger partial charge in [-0.2, -0.15) is 0 Å². The highest BCUT2D eigenvalue weighted by atomic mass is 16.5. The zero-order valence-corrected chi connectivity index (χ0v) is 8.68. The van der Waals surface area contributed by atoms with Crippen LogP contribution in [-0.4, -0.2) is 0 Å². The Morgan fingerprint density at radius 2 is 1.31 bits per heavy atom. The van der Waals surface area contributed by atoms with Crippen LogP contribution in [0.3, 0.4) is 0 Å². The molecule has 2 aromatic rings. The summed E-state index contributed by atoms with van der Waals surface area (Å²) in [6, 6.07) is 12.5. The van der Waals surface area contributed by atoms with Gasteiger partial charge in [0.15, 0.2) is 5.75 Å². The summed E-state index contributed by atoms with van der Waals surface area (Å²) in [6.07, 6.45) is 0. The highest BCUT2D eigenvalue weighted by Gasteiger charge is 2.06. The minimum atomic E-state index is 0.422. The molecule has 2 aromatic carbocycles. The van der Waals surface area contributed by atoms with E-state index in [0.717, 1.165) is 0 Å². The molecule has 0 aliphatic heterocycles. The van der Waals surface area contributed by atoms with Crippen molar-refractivity contribution >= 4 is 17.1 Å². The lowest BCUT2D eigenvalue weighted by Gasteiger charge is -2.11. The molecule has 0 aliphatic rings. The zero-order chi connectivity index (χ0) is 11.5. The summed E-state index contributed by atoms with van der Waals surface area (Å²) in [5.74, 6) is 1.08. The van der Waals surface area contributed by atoms with Crippen molar-refractivity contribution in [2.45, 2.75) is 0 Å². The third-order valence-corrected chi connectivity index (χ3v) is 2.24. The van der Waals surface area contributed by atoms with Crippen LogP contribution in [0.25, 0.3) is 0 Å². The van der Waals surface area contributed by atoms with E-state index in [-0.39, 0.29) is 0 Å². The lowest BCUT2D eigenvalue weighted by molar-refractivity contribution is 0.488. The molecule has 0 amide bonds. The van der Waals surface area contributed by atoms with Gasteiger partial charge in [0.1, 0.15) is 5.75 Å². The number of hydrogen-bond acceptors (Lipinski definition) is 4. The highest BCUT2D eigenvalue weighted by Crippen LogP contribution is 2.33. The fourth-order valence-electron chi connectivity index (χ4n) is 1.34. The largest absolute Gasteiger partial charge is 0.453 e. The van der Waals surface area contributed by atoms with Crippen LogP contribution in [0.2, 0.25) is 0 Å². The van der Waals surface area contributed by atoms with Gasteiger partial charge in [-0.25, -0.2) is 0 Å². The Hall–Kier alpha value is -2.36. The number of ether oxygens (including phenoxy) is 1. The lowest BCUT2D eigenvalue weighted by Crippen LogP contribution is -1.98. The first-order chi connectivity index (χ1) is 7.68. The first kappa shape index (κ1) is 10.2. The number of benzene rings is 2. The monoisotopic (exact) mass is 215 g/mol. The molecule has 0 unspecified atom stereocenters. The second-order valence-corrected chi connectivity index (χ2v) is 3.40. The van der Waals surface area contributed by atoms with Crippen molar-refractivity contribution in [3.05, 3.63) is 42.5 Å². The minimum Gasteiger partial charge on any atom is -0.453 e. The van der Waals surface area contributed by atoms with E-state index < -0.39 is 0 Å². The van der Waals surface area contributed by atoms with Crippen molar-refractivity contribution in [1.82, 2.24) is 0 Å². The van der Waals surface area contributed by atoms with Crippen molar-refractivity contribution in [3.63, 3.8) is 0 Å². The van der Waals surface area contributed by atoms with Crippen LogP contribution in [0.15, 0.2) is 42.5 Å². The summed E-state index contributed by atoms with van der Waals surface area (Å²) >= 11 is 0. The van der Waals surface area contributed by atoms with E-state index in [2.05, 4.69) is 0 Å². The molecule has 0 radical (unpaired) electrons. The molecule has 4 heteroatoms. The number of nitrogen functional groups attached to an aromatic ring is 3. The van der Waals surface area contributed by atoms with Crippen LogP contribution in [0, 0.1) is 0 Å². The standard InChI is InChI=1S/C12H13N3O/c13-8-4-1-2-6-10(8)16-11-7-3-5-9(14)12(11)15/h1-7H,13-15H2. The maximum atomic E-state index is 5.79. The van der Waals surface area contributed by atoms with Crippen LogP contribution < -0.4 is 21.9 Å². The smallest absolute Gasteiger partial charge is 0.152 e. The Morgan fingerprint density at radius 1 is 0.688 bits per heavy atom. The molecular formula is C12H13N3O. The second kappa shape index (κ2) is 4.02. The second-order valence-electron chi connectivity index (χ2n) is 3.40. The van der Waals surface area contributed by atoms with Crippen LogP contribution in [0.4, 0.5) is 17.1 Å². The Morgan fingerprint density at radius 3 is 2.06 bits per heavy atom. The van der Waals surface area contributed by atoms with Crippen molar-refractivity contribution in [2.75, 3.05) is 17.2 Å². The lowest BCUT2D eigenvalue weighted by atomic mass is 10.2. The predicted molar refractivity (Wildman–Crippen MR) is 66.2 cm³/mol. The average Bonchev–Trinajstić information content (AvgIpc) is 2.28. The Labute approximate surface area is 93.6 Å². The minimum absolute atomic E-state index is 0.422. The van der Waals surface area contributed by atoms with Gasteiger partial charge in [-0.05, 0) is 24.3 Å². The van der Waals surface area contributed by atoms with Gasteiger partial charge in [-0.1, -0.05) is 18.2 Å². The predicted octanol–water partition coefficient (Wildman–Crippen LogP) is 2.23. The molecule has 82 valence electrons. The quantitative estimate of drug-likeness (QED) is 0.670. The maximum Gasteiger partial charge on any atom is 0.152 e. The van der Waals surface area contributed by atoms with Crippen molar-refractivity contribution in [3.8, 4) is 11.5 Å². The molecule has 0 bridgehead atoms. The van der Waals surface area contributed by atoms with E-state index >= 15 is 0 Å². The molecule has 16 heavy (non-hydrogen) atoms. The molecule has 0 heterocycles. The topological polar surface area (TPSA) is 87.3 Å². The van der Waals surface area contributed by atoms with Gasteiger partial charge in [0.25, 0.3) is 0 Å². The Kier molecular flexibility index (Phi) is 2.55. The Balaban J connectivity index is 2.35. The first-order valence-electron chi connectivity index (χ1n) is 4.85. The van der Waals surface area contributed by atoms with E-state index in [1.54, 1.807) is 30.3 Å². The zero-order valence-electron chi connectivity index (χ0n) is 8.68. The molecule has 0 aliphatic carbocycles. The van der Waals surface area contributed by atoms with E-state index in [9.17, 15) is 0 Å². The summed E-state index contributed by atoms with van der Waals surface area (Å²) in [6.45, 7) is 0. The van der Waals surface area contributed by atoms with Gasteiger partial charge in [0, 0.05) is 0 Å². The fraction of sp³-hybridized carbons (Fsp3) is 0. The molecule has 0 saturated carbocycles. The number of anilines is 3. The summed E-state index contributed by atoms with van der Waals surface area (Å²) in [4.78, 5) is 0. The van der Waals surface area contributed by atoms with Crippen molar-refractivity contribution < 1.29 is 4.74 Å². The van der Waals surface area contributed by atoms with E-state index in [1.807, 2.05) is 12.1 Å². The molecule has 0 saturated heterocycles. The first-order valence-corrected chi connectivity index (χ1v) is 4.85. The van der Waals surface area contributed by atoms with Crippen LogP contribution >= 0.6 is 0 Å². The number of para-hydroxylation sites is 3. The highest BCUT2D eigenvalue weighted by molar-refractivity contribution is 5.71. The summed E-state index contributed by atoms with van der Waals surface area (Å²) in [7, 11) is 0. The molecule has 6 N–H and O–H groups in total. The number of rotatable bonds is 2. The third-order valence-electron chi connectivity index (χ3n) is 2.24. The third kappa shape index (κ3) is 1.86. The normalized spacial score (nSPS) is 10.0. The maximum absolute atomic E-state index is 5.79. The van der Waals surface area contributed by atoms with Crippen LogP contribution in [0.5, 0.6) is 11.5 Å². The Bertz CT molecular complexity index is 511. The molecule has 0 fully saturated rings. The molecule has 0 atom stereocenters. The number of nitrogens with two attached hydrogens (primary N) is 3. The summed E-state index contributed by atoms with van der Waals surface area (Å²) in [5.41, 5.74) is 18.7. The summed E-state index contributed by atoms with van der Waals surface area (Å²) < 4.78 is 5.59. The molecular weight excluding hydrogens is 202 g/mol. The van der Waals surface area contributed by atoms with Gasteiger partial charge in [-0.3, -0.25) is 0 Å². The molecule has 2 rings (SSSR count). The van der Waals surface area contributed by atoms with E-state index in [0.29, 0.717) is 28.6 Å². The molecule has 4 nitrogen and oxygen atoms in total. The van der Waals surface area contributed by atoms with Crippen molar-refractivity contribution in [1.29, 1.82) is 0 Å². The molecule has 0 spiro atoms. The van der Waals surface area contributed by atoms with Crippen LogP contribution in [0.1, 0.15) is 0 Å². The molecule has 0 aromatic heterocycles. The fourth-order valence-corrected chi connectivity index (χ4v) is 1.34. The number of hydrogen-bond donors (Lipinski definition) is 3. The van der Waals surface area contributed by atoms with Gasteiger partial charge in [0.05, 0.1) is 17.1 Å². The van der Waals surface area contributed by atoms with Gasteiger partial charge >= 0.3 is 0 Å². The van der Waals surface area contributed by atoms with Gasteiger partial charge < -0.3 is 21.9 Å². The van der Waals surface area contributed by atoms with Crippen molar-refractivity contribution in [2.24, 2.45) is 0 Å². The van der Waals surface area contributed by atoms with E-state index in [4.69, 9.17) is 21.9 Å². The van der Waals surface area contributed by atoms with E-state index in [1.165, 1.54) is 0 Å². The summed E-state index contributed by atoms with van der Waals surface area (Å²) in [5, 5.41) is 0. The SMILES string of the molecule is Nc1ccccc1Oc1cccc(N)c1N. The average molecular weight is 215 g/mol. The van der Waals surface area contributed by atoms with Gasteiger partial charge in [-0.15, -0.1) is 0 Å². The van der Waals surface area contributed by atoms with Gasteiger partial charge in [0.2, 0.25) is 0 Å².